The van der Waals surface area contributed by atoms with Crippen LogP contribution in [0.1, 0.15) is 48.4 Å². The van der Waals surface area contributed by atoms with E-state index < -0.39 is 23.6 Å². The lowest BCUT2D eigenvalue weighted by atomic mass is 9.94. The second-order valence-corrected chi connectivity index (χ2v) is 11.5. The first-order chi connectivity index (χ1) is 21.1. The molecule has 4 heterocycles. The number of alkyl halides is 1. The number of fused-ring (bicyclic) bond motifs is 1. The summed E-state index contributed by atoms with van der Waals surface area (Å²) in [6.45, 7) is 5.55. The topological polar surface area (TPSA) is 153 Å². The number of aliphatic carboxylic acids is 3. The highest BCUT2D eigenvalue weighted by Crippen LogP contribution is 2.34. The molecular formula is C32H41FN4O7. The van der Waals surface area contributed by atoms with Crippen LogP contribution in [0.4, 0.5) is 15.9 Å². The minimum Gasteiger partial charge on any atom is -0.481 e. The maximum atomic E-state index is 15.8. The third-order valence-corrected chi connectivity index (χ3v) is 8.15. The van der Waals surface area contributed by atoms with Crippen LogP contribution in [0, 0.1) is 0 Å². The molecule has 11 nitrogen and oxygen atoms in total. The van der Waals surface area contributed by atoms with E-state index in [1.54, 1.807) is 0 Å². The molecule has 1 aromatic heterocycles. The van der Waals surface area contributed by atoms with Gasteiger partial charge in [-0.1, -0.05) is 18.2 Å². The highest BCUT2D eigenvalue weighted by atomic mass is 19.1. The van der Waals surface area contributed by atoms with Crippen molar-refractivity contribution in [2.45, 2.75) is 50.1 Å². The van der Waals surface area contributed by atoms with Gasteiger partial charge in [0, 0.05) is 68.7 Å². The van der Waals surface area contributed by atoms with Gasteiger partial charge in [0.05, 0.1) is 19.6 Å². The summed E-state index contributed by atoms with van der Waals surface area (Å²) in [5, 5.41) is 28.6. The number of halogens is 1. The first-order valence-electron chi connectivity index (χ1n) is 15.0. The molecule has 4 N–H and O–H groups in total. The van der Waals surface area contributed by atoms with Crippen LogP contribution in [0.2, 0.25) is 0 Å². The average molecular weight is 613 g/mol. The van der Waals surface area contributed by atoms with Crippen LogP contribution in [-0.2, 0) is 32.0 Å². The number of nitrogens with one attached hydrogen (secondary N) is 1. The van der Waals surface area contributed by atoms with Gasteiger partial charge in [-0.3, -0.25) is 9.69 Å². The van der Waals surface area contributed by atoms with Crippen molar-refractivity contribution in [3.05, 3.63) is 65.4 Å². The minimum absolute atomic E-state index is 0.0361. The van der Waals surface area contributed by atoms with Crippen molar-refractivity contribution in [2.24, 2.45) is 0 Å². The highest BCUT2D eigenvalue weighted by molar-refractivity contribution is 5.89. The van der Waals surface area contributed by atoms with Crippen molar-refractivity contribution in [2.75, 3.05) is 62.7 Å². The molecule has 2 fully saturated rings. The van der Waals surface area contributed by atoms with Crippen LogP contribution in [0.3, 0.4) is 0 Å². The van der Waals surface area contributed by atoms with Crippen molar-refractivity contribution in [1.29, 1.82) is 0 Å². The second-order valence-electron chi connectivity index (χ2n) is 11.5. The first kappa shape index (κ1) is 32.9. The molecule has 12 heteroatoms. The van der Waals surface area contributed by atoms with Gasteiger partial charge in [0.1, 0.15) is 11.5 Å². The summed E-state index contributed by atoms with van der Waals surface area (Å²) in [7, 11) is 0. The SMILES string of the molecule is O=C(O)/C=C/C(=O)O.O=C(O)C[C@H](CN1CC[C@@](F)(CCc2ccc3c(n2)NCCC3)C1)c1cccc(N2CCOCC2)c1. The Balaban J connectivity index is 0.000000488. The third kappa shape index (κ3) is 10.0. The van der Waals surface area contributed by atoms with E-state index in [9.17, 15) is 19.5 Å². The van der Waals surface area contributed by atoms with E-state index in [1.165, 1.54) is 5.56 Å². The van der Waals surface area contributed by atoms with Gasteiger partial charge in [-0.15, -0.1) is 0 Å². The molecule has 0 aliphatic carbocycles. The van der Waals surface area contributed by atoms with Crippen LogP contribution < -0.4 is 10.2 Å². The maximum absolute atomic E-state index is 15.8. The number of aromatic nitrogens is 1. The zero-order valence-electron chi connectivity index (χ0n) is 24.8. The summed E-state index contributed by atoms with van der Waals surface area (Å²) < 4.78 is 21.3. The number of aryl methyl sites for hydroxylation is 2. The summed E-state index contributed by atoms with van der Waals surface area (Å²) in [4.78, 5) is 39.9. The number of carboxylic acid groups (broad SMARTS) is 3. The number of nitrogens with zero attached hydrogens (tertiary/aromatic N) is 3. The van der Waals surface area contributed by atoms with Crippen molar-refractivity contribution < 1.29 is 38.8 Å². The molecule has 5 rings (SSSR count). The lowest BCUT2D eigenvalue weighted by molar-refractivity contribution is -0.137. The van der Waals surface area contributed by atoms with Crippen LogP contribution in [0.15, 0.2) is 48.6 Å². The number of anilines is 2. The Labute approximate surface area is 256 Å². The molecular weight excluding hydrogens is 571 g/mol. The zero-order chi connectivity index (χ0) is 31.5. The molecule has 2 atom stereocenters. The van der Waals surface area contributed by atoms with E-state index in [4.69, 9.17) is 19.9 Å². The fourth-order valence-corrected chi connectivity index (χ4v) is 5.89. The number of likely N-dealkylation sites (tertiary alicyclic amines) is 1. The molecule has 0 spiro atoms. The molecule has 0 bridgehead atoms. The van der Waals surface area contributed by atoms with Gasteiger partial charge in [0.2, 0.25) is 0 Å². The molecule has 3 aliphatic heterocycles. The van der Waals surface area contributed by atoms with Gasteiger partial charge < -0.3 is 30.3 Å². The maximum Gasteiger partial charge on any atom is 0.328 e. The number of carbonyl (C=O) groups is 3. The quantitative estimate of drug-likeness (QED) is 0.276. The average Bonchev–Trinajstić information content (AvgIpc) is 3.39. The second kappa shape index (κ2) is 15.6. The van der Waals surface area contributed by atoms with Gasteiger partial charge >= 0.3 is 17.9 Å². The fourth-order valence-electron chi connectivity index (χ4n) is 5.89. The highest BCUT2D eigenvalue weighted by Gasteiger charge is 2.39. The molecule has 0 saturated carbocycles. The summed E-state index contributed by atoms with van der Waals surface area (Å²) >= 11 is 0. The molecule has 3 aliphatic rings. The first-order valence-corrected chi connectivity index (χ1v) is 15.0. The monoisotopic (exact) mass is 612 g/mol. The van der Waals surface area contributed by atoms with Crippen molar-refractivity contribution in [3.8, 4) is 0 Å². The van der Waals surface area contributed by atoms with Crippen molar-refractivity contribution >= 4 is 29.4 Å². The lowest BCUT2D eigenvalue weighted by Crippen LogP contribution is -2.36. The summed E-state index contributed by atoms with van der Waals surface area (Å²) in [5.74, 6) is -2.57. The smallest absolute Gasteiger partial charge is 0.328 e. The Morgan fingerprint density at radius 2 is 1.82 bits per heavy atom. The van der Waals surface area contributed by atoms with Crippen LogP contribution in [-0.4, -0.2) is 101 Å². The van der Waals surface area contributed by atoms with E-state index in [2.05, 4.69) is 33.3 Å². The van der Waals surface area contributed by atoms with Gasteiger partial charge in [-0.25, -0.2) is 19.0 Å². The molecule has 1 aromatic carbocycles. The predicted molar refractivity (Wildman–Crippen MR) is 163 cm³/mol. The normalized spacial score (nSPS) is 20.7. The number of hydrogen-bond acceptors (Lipinski definition) is 8. The molecule has 2 saturated heterocycles. The van der Waals surface area contributed by atoms with Crippen LogP contribution in [0.5, 0.6) is 0 Å². The number of carboxylic acids is 3. The Bertz CT molecular complexity index is 1320. The van der Waals surface area contributed by atoms with E-state index in [0.29, 0.717) is 64.3 Å². The van der Waals surface area contributed by atoms with Gasteiger partial charge in [-0.05, 0) is 61.4 Å². The predicted octanol–water partition coefficient (Wildman–Crippen LogP) is 3.59. The molecule has 0 unspecified atom stereocenters. The minimum atomic E-state index is -1.27. The molecule has 0 amide bonds. The number of morpholine rings is 1. The third-order valence-electron chi connectivity index (χ3n) is 8.15. The number of benzene rings is 1. The number of rotatable bonds is 11. The Morgan fingerprint density at radius 3 is 2.52 bits per heavy atom. The lowest BCUT2D eigenvalue weighted by Gasteiger charge is -2.30. The van der Waals surface area contributed by atoms with E-state index in [1.807, 2.05) is 18.2 Å². The largest absolute Gasteiger partial charge is 0.481 e. The molecule has 44 heavy (non-hydrogen) atoms. The van der Waals surface area contributed by atoms with E-state index in [-0.39, 0.29) is 12.3 Å². The summed E-state index contributed by atoms with van der Waals surface area (Å²) in [6, 6.07) is 12.3. The standard InChI is InChI=1S/C28H37FN4O3.C4H4O4/c29-28(9-8-24-7-6-21-4-2-11-30-27(21)31-24)10-12-32(20-28)19-23(18-26(34)35)22-3-1-5-25(17-22)33-13-15-36-16-14-33;5-3(6)1-2-4(7)8/h1,3,5-7,17,23H,2,4,8-16,18-20H2,(H,30,31)(H,34,35);1-2H,(H,5,6)(H,7,8)/b;2-1+/t23-,28+;/m1./s1. The molecule has 2 aromatic rings. The summed E-state index contributed by atoms with van der Waals surface area (Å²) in [5.41, 5.74) is 3.01. The van der Waals surface area contributed by atoms with Crippen LogP contribution >= 0.6 is 0 Å². The zero-order valence-corrected chi connectivity index (χ0v) is 24.8. The molecule has 238 valence electrons. The van der Waals surface area contributed by atoms with Crippen molar-refractivity contribution in [1.82, 2.24) is 9.88 Å². The Hall–Kier alpha value is -4.03. The number of ether oxygens (including phenoxy) is 1. The Morgan fingerprint density at radius 1 is 1.07 bits per heavy atom. The summed E-state index contributed by atoms with van der Waals surface area (Å²) in [6.07, 6.45) is 4.84. The molecule has 0 radical (unpaired) electrons. The van der Waals surface area contributed by atoms with E-state index >= 15 is 4.39 Å². The number of pyridine rings is 1. The van der Waals surface area contributed by atoms with E-state index in [0.717, 1.165) is 55.2 Å². The van der Waals surface area contributed by atoms with Gasteiger partial charge in [0.25, 0.3) is 0 Å². The number of hydrogen-bond donors (Lipinski definition) is 4. The van der Waals surface area contributed by atoms with Crippen molar-refractivity contribution in [3.63, 3.8) is 0 Å². The van der Waals surface area contributed by atoms with Gasteiger partial charge in [-0.2, -0.15) is 0 Å². The van der Waals surface area contributed by atoms with Crippen LogP contribution in [0.25, 0.3) is 0 Å². The Kier molecular flexibility index (Phi) is 11.7. The fraction of sp³-hybridized carbons (Fsp3) is 0.500. The van der Waals surface area contributed by atoms with Gasteiger partial charge in [0.15, 0.2) is 0 Å².